The number of carbonyl (C=O) groups excluding carboxylic acids is 2. The summed E-state index contributed by atoms with van der Waals surface area (Å²) in [6.07, 6.45) is 0.897. The number of oxazole rings is 1. The van der Waals surface area contributed by atoms with E-state index in [9.17, 15) is 9.59 Å². The van der Waals surface area contributed by atoms with E-state index in [1.807, 2.05) is 37.3 Å². The first kappa shape index (κ1) is 20.9. The summed E-state index contributed by atoms with van der Waals surface area (Å²) in [5.41, 5.74) is 2.99. The first-order valence-corrected chi connectivity index (χ1v) is 10.0. The van der Waals surface area contributed by atoms with Crippen molar-refractivity contribution in [2.45, 2.75) is 25.8 Å². The van der Waals surface area contributed by atoms with Crippen molar-refractivity contribution in [3.8, 4) is 0 Å². The molecule has 1 atom stereocenters. The average molecular weight is 460 g/mol. The number of amides is 1. The monoisotopic (exact) mass is 459 g/mol. The third-order valence-corrected chi connectivity index (χ3v) is 4.84. The van der Waals surface area contributed by atoms with Gasteiger partial charge in [-0.1, -0.05) is 28.1 Å². The number of halogens is 1. The van der Waals surface area contributed by atoms with Gasteiger partial charge >= 0.3 is 5.97 Å². The number of hydrogen-bond acceptors (Lipinski definition) is 6. The van der Waals surface area contributed by atoms with Gasteiger partial charge in [0.05, 0.1) is 7.11 Å². The number of anilines is 1. The number of nitrogens with one attached hydrogen (secondary N) is 2. The molecule has 3 aromatic rings. The molecule has 0 spiro atoms. The number of ether oxygens (including phenoxy) is 1. The predicted octanol–water partition coefficient (Wildman–Crippen LogP) is 3.93. The molecule has 0 aliphatic carbocycles. The number of benzene rings is 2. The van der Waals surface area contributed by atoms with Gasteiger partial charge in [0.15, 0.2) is 5.58 Å². The molecule has 0 bridgehead atoms. The van der Waals surface area contributed by atoms with Gasteiger partial charge in [-0.15, -0.1) is 0 Å². The van der Waals surface area contributed by atoms with Crippen LogP contribution in [0.2, 0.25) is 0 Å². The Morgan fingerprint density at radius 2 is 1.97 bits per heavy atom. The first-order chi connectivity index (χ1) is 13.9. The second kappa shape index (κ2) is 9.56. The van der Waals surface area contributed by atoms with Gasteiger partial charge in [0.2, 0.25) is 0 Å². The minimum atomic E-state index is -0.250. The SMILES string of the molecule is COC(=O)CCc1ccc(C(=O)NCC(C)Nc2nc3cc(Br)ccc3o2)cc1. The van der Waals surface area contributed by atoms with Crippen molar-refractivity contribution in [3.05, 3.63) is 58.1 Å². The number of methoxy groups -OCH3 is 1. The van der Waals surface area contributed by atoms with Crippen LogP contribution in [0.25, 0.3) is 11.1 Å². The molecule has 29 heavy (non-hydrogen) atoms. The Kier molecular flexibility index (Phi) is 6.87. The van der Waals surface area contributed by atoms with Crippen LogP contribution >= 0.6 is 15.9 Å². The van der Waals surface area contributed by atoms with Crippen LogP contribution in [0.5, 0.6) is 0 Å². The van der Waals surface area contributed by atoms with E-state index in [2.05, 4.69) is 36.3 Å². The molecule has 1 heterocycles. The van der Waals surface area contributed by atoms with E-state index in [0.29, 0.717) is 36.5 Å². The molecule has 1 aromatic heterocycles. The highest BCUT2D eigenvalue weighted by Crippen LogP contribution is 2.22. The van der Waals surface area contributed by atoms with E-state index in [1.54, 1.807) is 12.1 Å². The molecule has 2 aromatic carbocycles. The molecule has 0 saturated carbocycles. The molecule has 0 aliphatic rings. The summed E-state index contributed by atoms with van der Waals surface area (Å²) in [6, 6.07) is 13.1. The smallest absolute Gasteiger partial charge is 0.305 e. The van der Waals surface area contributed by atoms with Crippen molar-refractivity contribution in [1.29, 1.82) is 0 Å². The highest BCUT2D eigenvalue weighted by Gasteiger charge is 2.12. The number of rotatable bonds is 8. The maximum Gasteiger partial charge on any atom is 0.305 e. The van der Waals surface area contributed by atoms with Crippen LogP contribution in [0, 0.1) is 0 Å². The van der Waals surface area contributed by atoms with E-state index in [4.69, 9.17) is 4.42 Å². The van der Waals surface area contributed by atoms with Crippen LogP contribution in [0.3, 0.4) is 0 Å². The summed E-state index contributed by atoms with van der Waals surface area (Å²) < 4.78 is 11.2. The maximum atomic E-state index is 12.3. The molecule has 0 aliphatic heterocycles. The summed E-state index contributed by atoms with van der Waals surface area (Å²) in [6.45, 7) is 2.34. The van der Waals surface area contributed by atoms with Gasteiger partial charge in [0.25, 0.3) is 11.9 Å². The summed E-state index contributed by atoms with van der Waals surface area (Å²) in [5.74, 6) is -0.417. The Balaban J connectivity index is 1.49. The largest absolute Gasteiger partial charge is 0.469 e. The Labute approximate surface area is 177 Å². The second-order valence-corrected chi connectivity index (χ2v) is 7.58. The number of aromatic nitrogens is 1. The highest BCUT2D eigenvalue weighted by atomic mass is 79.9. The zero-order chi connectivity index (χ0) is 20.8. The fourth-order valence-electron chi connectivity index (χ4n) is 2.74. The Morgan fingerprint density at radius 3 is 2.69 bits per heavy atom. The van der Waals surface area contributed by atoms with Gasteiger partial charge in [-0.25, -0.2) is 0 Å². The lowest BCUT2D eigenvalue weighted by Crippen LogP contribution is -2.34. The Hall–Kier alpha value is -2.87. The van der Waals surface area contributed by atoms with Gasteiger partial charge in [0, 0.05) is 29.0 Å². The molecule has 8 heteroatoms. The summed E-state index contributed by atoms with van der Waals surface area (Å²) in [4.78, 5) is 27.9. The maximum absolute atomic E-state index is 12.3. The van der Waals surface area contributed by atoms with Crippen LogP contribution in [-0.2, 0) is 16.0 Å². The van der Waals surface area contributed by atoms with E-state index in [-0.39, 0.29) is 17.9 Å². The normalized spacial score (nSPS) is 11.8. The molecule has 3 rings (SSSR count). The molecule has 152 valence electrons. The van der Waals surface area contributed by atoms with Crippen LogP contribution in [-0.4, -0.2) is 36.6 Å². The van der Waals surface area contributed by atoms with Gasteiger partial charge in [-0.2, -0.15) is 4.98 Å². The minimum Gasteiger partial charge on any atom is -0.469 e. The summed E-state index contributed by atoms with van der Waals surface area (Å²) >= 11 is 3.41. The van der Waals surface area contributed by atoms with Crippen molar-refractivity contribution < 1.29 is 18.7 Å². The molecule has 1 amide bonds. The van der Waals surface area contributed by atoms with E-state index in [1.165, 1.54) is 7.11 Å². The van der Waals surface area contributed by atoms with Gasteiger partial charge < -0.3 is 19.8 Å². The lowest BCUT2D eigenvalue weighted by Gasteiger charge is -2.13. The average Bonchev–Trinajstić information content (AvgIpc) is 3.11. The highest BCUT2D eigenvalue weighted by molar-refractivity contribution is 9.10. The van der Waals surface area contributed by atoms with Crippen molar-refractivity contribution >= 4 is 44.9 Å². The predicted molar refractivity (Wildman–Crippen MR) is 114 cm³/mol. The summed E-state index contributed by atoms with van der Waals surface area (Å²) in [7, 11) is 1.37. The Bertz CT molecular complexity index is 1000. The van der Waals surface area contributed by atoms with Crippen molar-refractivity contribution in [3.63, 3.8) is 0 Å². The van der Waals surface area contributed by atoms with Gasteiger partial charge in [0.1, 0.15) is 5.52 Å². The van der Waals surface area contributed by atoms with Crippen molar-refractivity contribution in [1.82, 2.24) is 10.3 Å². The van der Waals surface area contributed by atoms with E-state index >= 15 is 0 Å². The van der Waals surface area contributed by atoms with Crippen molar-refractivity contribution in [2.75, 3.05) is 19.0 Å². The molecule has 7 nitrogen and oxygen atoms in total. The van der Waals surface area contributed by atoms with Crippen LogP contribution in [0.1, 0.15) is 29.3 Å². The first-order valence-electron chi connectivity index (χ1n) is 9.21. The third kappa shape index (κ3) is 5.80. The fraction of sp³-hybridized carbons (Fsp3) is 0.286. The lowest BCUT2D eigenvalue weighted by molar-refractivity contribution is -0.140. The van der Waals surface area contributed by atoms with Crippen LogP contribution in [0.15, 0.2) is 51.4 Å². The third-order valence-electron chi connectivity index (χ3n) is 4.35. The van der Waals surface area contributed by atoms with E-state index < -0.39 is 0 Å². The zero-order valence-corrected chi connectivity index (χ0v) is 17.8. The van der Waals surface area contributed by atoms with Crippen molar-refractivity contribution in [2.24, 2.45) is 0 Å². The number of hydrogen-bond donors (Lipinski definition) is 2. The molecular formula is C21H22BrN3O4. The number of carbonyl (C=O) groups is 2. The molecule has 0 radical (unpaired) electrons. The standard InChI is InChI=1S/C21H22BrN3O4/c1-13(24-21-25-17-11-16(22)8-9-18(17)29-21)12-23-20(27)15-6-3-14(4-7-15)5-10-19(26)28-2/h3-4,6-9,11,13H,5,10,12H2,1-2H3,(H,23,27)(H,24,25). The Morgan fingerprint density at radius 1 is 1.21 bits per heavy atom. The number of nitrogens with zero attached hydrogens (tertiary/aromatic N) is 1. The topological polar surface area (TPSA) is 93.5 Å². The molecule has 0 fully saturated rings. The molecule has 1 unspecified atom stereocenters. The lowest BCUT2D eigenvalue weighted by atomic mass is 10.1. The fourth-order valence-corrected chi connectivity index (χ4v) is 3.09. The van der Waals surface area contributed by atoms with E-state index in [0.717, 1.165) is 15.6 Å². The number of esters is 1. The molecule has 2 N–H and O–H groups in total. The zero-order valence-electron chi connectivity index (χ0n) is 16.2. The van der Waals surface area contributed by atoms with Crippen LogP contribution < -0.4 is 10.6 Å². The van der Waals surface area contributed by atoms with Gasteiger partial charge in [-0.3, -0.25) is 9.59 Å². The summed E-state index contributed by atoms with van der Waals surface area (Å²) in [5, 5.41) is 6.04. The van der Waals surface area contributed by atoms with Crippen LogP contribution in [0.4, 0.5) is 6.01 Å². The quantitative estimate of drug-likeness (QED) is 0.495. The van der Waals surface area contributed by atoms with Gasteiger partial charge in [-0.05, 0) is 49.2 Å². The molecule has 0 saturated heterocycles. The number of fused-ring (bicyclic) bond motifs is 1. The second-order valence-electron chi connectivity index (χ2n) is 6.66. The number of aryl methyl sites for hydroxylation is 1. The molecular weight excluding hydrogens is 438 g/mol. The minimum absolute atomic E-state index is 0.0743.